The zero-order valence-electron chi connectivity index (χ0n) is 58.2. The molecule has 3 aromatic heterocycles. The van der Waals surface area contributed by atoms with Crippen LogP contribution in [0.2, 0.25) is 5.04 Å². The quantitative estimate of drug-likeness (QED) is 0.0153. The Labute approximate surface area is 592 Å². The number of nitrogens with two attached hydrogens (primary N) is 3. The van der Waals surface area contributed by atoms with E-state index in [1.807, 2.05) is 102 Å². The van der Waals surface area contributed by atoms with Gasteiger partial charge in [-0.3, -0.25) is 90.2 Å². The number of hydrogen-bond donors (Lipinski definition) is 9. The molecule has 12 N–H and O–H groups in total. The molecular formula is C65H93N13O22P2Si. The van der Waals surface area contributed by atoms with Gasteiger partial charge in [-0.1, -0.05) is 93.6 Å². The number of ether oxygens (including phenoxy) is 3. The molecule has 103 heavy (non-hydrogen) atoms. The van der Waals surface area contributed by atoms with Gasteiger partial charge in [0.25, 0.3) is 25.0 Å². The first-order chi connectivity index (χ1) is 48.7. The SMILES string of the molecule is Cc1cn([C@H]2C[C@H](O[Si](c3ccccc3)(c3ccccc3)C(C)(C)C)[C@@H]([C@H](C/C=C/CCN3CCN(CC(N)=O)CCN(CC(N)=O)CCN(CC(N)=O)CC3)OP(=O)(O)O[C@H]3C[C@H](n4cc(C)c(=O)[nH]c4=O)O[C@@H]3COP(=O)(O)O[C@H]3C[C@H](n4cc(C)c(=O)[nH]c4=O)O[C@@H]3CO)O2)c(=O)[nH]c1=O. The highest BCUT2D eigenvalue weighted by Gasteiger charge is 2.56. The van der Waals surface area contributed by atoms with Gasteiger partial charge in [0.05, 0.1) is 39.0 Å². The van der Waals surface area contributed by atoms with Crippen molar-refractivity contribution in [1.82, 2.24) is 48.3 Å². The molecule has 4 aliphatic rings. The third-order valence-corrected chi connectivity index (χ3v) is 25.7. The molecule has 0 radical (unpaired) electrons. The predicted molar refractivity (Wildman–Crippen MR) is 375 cm³/mol. The van der Waals surface area contributed by atoms with Gasteiger partial charge in [0.2, 0.25) is 17.7 Å². The van der Waals surface area contributed by atoms with Crippen molar-refractivity contribution < 1.29 is 75.1 Å². The van der Waals surface area contributed by atoms with Crippen LogP contribution in [0.5, 0.6) is 0 Å². The standard InChI is InChI=1S/C65H93N13O22P2Si/c1-41-33-76(62(86)69-59(41)83)55-30-47(50(39-79)94-55)98-101(89,90)93-40-51-48(31-56(95-51)77-34-42(2)60(84)70-63(77)87)99-102(91,92)97-46(20-14-9-15-21-72-22-24-73(36-52(66)80)26-28-75(38-54(68)82)29-27-74(25-23-72)37-53(67)81)58-49(32-57(96-58)78-35-43(3)61(85)71-64(78)88)100-103(65(4,5)6,44-16-10-7-11-17-44)45-18-12-8-13-19-45/h7-14,16-19,33-35,46-51,55-58,79H,15,20-32,36-40H2,1-6H3,(H2,66,80)(H2,67,81)(H2,68,82)(H,89,90)(H,91,92)(H,69,83,86)(H,70,84,87)(H,71,85,88)/b14-9+/t46-,47-,48-,49-,50+,51+,55+,56+,57+,58+/m0/s1. The van der Waals surface area contributed by atoms with Gasteiger partial charge in [-0.2, -0.15) is 0 Å². The van der Waals surface area contributed by atoms with Crippen LogP contribution < -0.4 is 61.3 Å². The van der Waals surface area contributed by atoms with Crippen LogP contribution in [0.15, 0.2) is 120 Å². The maximum Gasteiger partial charge on any atom is 0.472 e. The molecule has 0 aliphatic carbocycles. The minimum Gasteiger partial charge on any atom is -0.402 e. The van der Waals surface area contributed by atoms with Crippen molar-refractivity contribution in [3.63, 3.8) is 0 Å². The number of phosphoric ester groups is 2. The molecule has 4 aliphatic heterocycles. The molecule has 2 aromatic carbocycles. The molecule has 2 unspecified atom stereocenters. The van der Waals surface area contributed by atoms with Crippen molar-refractivity contribution in [2.24, 2.45) is 17.2 Å². The Hall–Kier alpha value is -7.29. The summed E-state index contributed by atoms with van der Waals surface area (Å²) in [6.07, 6.45) is -7.32. The second-order valence-corrected chi connectivity index (χ2v) is 34.2. The summed E-state index contributed by atoms with van der Waals surface area (Å²) >= 11 is 0. The maximum atomic E-state index is 15.4. The summed E-state index contributed by atoms with van der Waals surface area (Å²) < 4.78 is 82.8. The summed E-state index contributed by atoms with van der Waals surface area (Å²) in [6, 6.07) is 19.1. The number of aliphatic hydroxyl groups is 1. The smallest absolute Gasteiger partial charge is 0.402 e. The van der Waals surface area contributed by atoms with Crippen LogP contribution >= 0.6 is 15.6 Å². The highest BCUT2D eigenvalue weighted by molar-refractivity contribution is 7.47. The molecule has 4 fully saturated rings. The molecule has 4 saturated heterocycles. The minimum atomic E-state index is -5.59. The lowest BCUT2D eigenvalue weighted by molar-refractivity contribution is -0.121. The number of amides is 3. The van der Waals surface area contributed by atoms with Gasteiger partial charge in [-0.05, 0) is 49.0 Å². The van der Waals surface area contributed by atoms with E-state index in [0.717, 1.165) is 19.5 Å². The van der Waals surface area contributed by atoms with Gasteiger partial charge < -0.3 is 55.6 Å². The third kappa shape index (κ3) is 20.8. The zero-order chi connectivity index (χ0) is 74.7. The van der Waals surface area contributed by atoms with Gasteiger partial charge in [0.1, 0.15) is 55.3 Å². The van der Waals surface area contributed by atoms with Gasteiger partial charge in [0, 0.05) is 113 Å². The summed E-state index contributed by atoms with van der Waals surface area (Å²) in [6.45, 7) is 12.0. The number of aliphatic hydroxyl groups excluding tert-OH is 1. The van der Waals surface area contributed by atoms with Crippen LogP contribution in [0.25, 0.3) is 0 Å². The van der Waals surface area contributed by atoms with E-state index in [9.17, 15) is 62.6 Å². The first-order valence-electron chi connectivity index (χ1n) is 33.8. The normalized spacial score (nSPS) is 24.7. The lowest BCUT2D eigenvalue weighted by Crippen LogP contribution is -2.68. The summed E-state index contributed by atoms with van der Waals surface area (Å²) in [5.74, 6) is -1.66. The van der Waals surface area contributed by atoms with Gasteiger partial charge in [-0.15, -0.1) is 0 Å². The first kappa shape index (κ1) is 79.8. The molecular weight excluding hydrogens is 1400 g/mol. The molecule has 0 saturated carbocycles. The van der Waals surface area contributed by atoms with E-state index in [0.29, 0.717) is 65.3 Å². The number of nitrogens with one attached hydrogen (secondary N) is 3. The van der Waals surface area contributed by atoms with Crippen molar-refractivity contribution in [2.75, 3.05) is 91.8 Å². The number of benzene rings is 2. The maximum absolute atomic E-state index is 15.4. The molecule has 35 nitrogen and oxygen atoms in total. The fraction of sp³-hybridized carbons (Fsp3) is 0.554. The molecule has 38 heteroatoms. The minimum absolute atomic E-state index is 0.0521. The molecule has 5 aromatic rings. The van der Waals surface area contributed by atoms with Crippen LogP contribution in [0.1, 0.15) is 88.2 Å². The van der Waals surface area contributed by atoms with Gasteiger partial charge in [-0.25, -0.2) is 23.5 Å². The van der Waals surface area contributed by atoms with Crippen molar-refractivity contribution in [3.8, 4) is 0 Å². The van der Waals surface area contributed by atoms with Crippen molar-refractivity contribution in [2.45, 2.75) is 140 Å². The number of nitrogens with zero attached hydrogens (tertiary/aromatic N) is 7. The van der Waals surface area contributed by atoms with E-state index in [-0.39, 0.29) is 55.6 Å². The molecule has 564 valence electrons. The fourth-order valence-corrected chi connectivity index (χ4v) is 20.2. The molecule has 0 spiro atoms. The Kier molecular flexibility index (Phi) is 26.9. The average Bonchev–Trinajstić information content (AvgIpc) is 1.65. The van der Waals surface area contributed by atoms with E-state index in [4.69, 9.17) is 53.9 Å². The lowest BCUT2D eigenvalue weighted by Gasteiger charge is -2.45. The van der Waals surface area contributed by atoms with Crippen LogP contribution in [-0.2, 0) is 60.2 Å². The number of aromatic amines is 3. The number of H-pyrrole nitrogens is 3. The Bertz CT molecular complexity index is 4210. The van der Waals surface area contributed by atoms with Crippen molar-refractivity contribution in [1.29, 1.82) is 0 Å². The number of primary amides is 3. The highest BCUT2D eigenvalue weighted by atomic mass is 31.2. The summed E-state index contributed by atoms with van der Waals surface area (Å²) in [5, 5.41) is 11.3. The van der Waals surface area contributed by atoms with Crippen LogP contribution in [-0.4, -0.2) is 224 Å². The van der Waals surface area contributed by atoms with E-state index in [1.54, 1.807) is 6.08 Å². The second-order valence-electron chi connectivity index (χ2n) is 27.2. The molecule has 12 atom stereocenters. The topological polar surface area (TPSA) is 475 Å². The monoisotopic (exact) mass is 1500 g/mol. The summed E-state index contributed by atoms with van der Waals surface area (Å²) in [5.41, 5.74) is 12.7. The molecule has 9 rings (SSSR count). The Morgan fingerprint density at radius 2 is 0.971 bits per heavy atom. The number of phosphoric acid groups is 2. The van der Waals surface area contributed by atoms with E-state index < -0.39 is 162 Å². The number of carbonyl (C=O) groups excluding carboxylic acids is 3. The summed E-state index contributed by atoms with van der Waals surface area (Å²) in [7, 11) is -14.5. The number of carbonyl (C=O) groups is 3. The van der Waals surface area contributed by atoms with Gasteiger partial charge in [0.15, 0.2) is 0 Å². The van der Waals surface area contributed by atoms with Crippen LogP contribution in [0.3, 0.4) is 0 Å². The number of aryl methyl sites for hydroxylation is 3. The van der Waals surface area contributed by atoms with E-state index in [1.165, 1.54) is 43.9 Å². The van der Waals surface area contributed by atoms with Crippen LogP contribution in [0.4, 0.5) is 0 Å². The Morgan fingerprint density at radius 1 is 0.583 bits per heavy atom. The lowest BCUT2D eigenvalue weighted by atomic mass is 10.0. The molecule has 3 amide bonds. The molecule has 0 bridgehead atoms. The van der Waals surface area contributed by atoms with Crippen molar-refractivity contribution >= 4 is 52.1 Å². The fourth-order valence-electron chi connectivity index (χ4n) is 13.4. The zero-order valence-corrected chi connectivity index (χ0v) is 61.0. The molecule has 7 heterocycles. The third-order valence-electron chi connectivity index (χ3n) is 18.6. The summed E-state index contributed by atoms with van der Waals surface area (Å²) in [4.78, 5) is 153. The van der Waals surface area contributed by atoms with Crippen molar-refractivity contribution in [3.05, 3.63) is 171 Å². The number of rotatable bonds is 29. The largest absolute Gasteiger partial charge is 0.472 e. The Balaban J connectivity index is 1.06. The Morgan fingerprint density at radius 3 is 1.39 bits per heavy atom. The van der Waals surface area contributed by atoms with Gasteiger partial charge >= 0.3 is 32.7 Å². The number of aromatic nitrogens is 6. The highest BCUT2D eigenvalue weighted by Crippen LogP contribution is 2.54. The average molecular weight is 1500 g/mol. The number of hydrogen-bond acceptors (Lipinski definition) is 24. The van der Waals surface area contributed by atoms with Crippen LogP contribution in [0, 0.1) is 20.8 Å². The first-order valence-corrected chi connectivity index (χ1v) is 38.7. The van der Waals surface area contributed by atoms with E-state index >= 15 is 4.57 Å². The predicted octanol–water partition coefficient (Wildman–Crippen LogP) is -1.25. The van der Waals surface area contributed by atoms with E-state index in [2.05, 4.69) is 19.9 Å². The second kappa shape index (κ2) is 34.7.